The molecule has 0 bridgehead atoms. The molecular weight excluding hydrogens is 374 g/mol. The third kappa shape index (κ3) is 12.0. The van der Waals surface area contributed by atoms with Gasteiger partial charge in [0, 0.05) is 30.9 Å². The number of unbranched alkanes of at least 4 members (excludes halogenated alkanes) is 9. The third-order valence-corrected chi connectivity index (χ3v) is 6.49. The molecule has 1 N–H and O–H groups in total. The Bertz CT molecular complexity index is 416. The van der Waals surface area contributed by atoms with Crippen LogP contribution >= 0.6 is 0 Å². The van der Waals surface area contributed by atoms with Crippen molar-refractivity contribution >= 4 is 0 Å². The first-order chi connectivity index (χ1) is 14.4. The highest BCUT2D eigenvalue weighted by molar-refractivity contribution is 4.97. The summed E-state index contributed by atoms with van der Waals surface area (Å²) in [6.45, 7) is 11.9. The van der Waals surface area contributed by atoms with Crippen LogP contribution in [0.5, 0.6) is 0 Å². The zero-order chi connectivity index (χ0) is 21.7. The molecular formula is C26H51NO3. The van der Waals surface area contributed by atoms with Crippen LogP contribution in [-0.4, -0.2) is 43.3 Å². The Morgan fingerprint density at radius 1 is 0.700 bits per heavy atom. The van der Waals surface area contributed by atoms with Gasteiger partial charge in [-0.3, -0.25) is 0 Å². The molecule has 4 heteroatoms. The Morgan fingerprint density at radius 2 is 1.20 bits per heavy atom. The lowest BCUT2D eigenvalue weighted by Crippen LogP contribution is -2.59. The van der Waals surface area contributed by atoms with Gasteiger partial charge in [-0.05, 0) is 72.6 Å². The van der Waals surface area contributed by atoms with E-state index in [1.54, 1.807) is 0 Å². The van der Waals surface area contributed by atoms with E-state index in [0.29, 0.717) is 6.10 Å². The molecule has 2 rings (SSSR count). The highest BCUT2D eigenvalue weighted by Crippen LogP contribution is 2.30. The highest BCUT2D eigenvalue weighted by Gasteiger charge is 2.37. The van der Waals surface area contributed by atoms with Gasteiger partial charge < -0.3 is 19.5 Å². The SMILES string of the molecule is CC1(C)CC(OCCCCCCCCCCCCOC2CCCCO2)CC(C)(C)N1. The van der Waals surface area contributed by atoms with Crippen molar-refractivity contribution in [3.05, 3.63) is 0 Å². The van der Waals surface area contributed by atoms with Crippen LogP contribution in [0.4, 0.5) is 0 Å². The maximum Gasteiger partial charge on any atom is 0.157 e. The number of hydrogen-bond acceptors (Lipinski definition) is 4. The summed E-state index contributed by atoms with van der Waals surface area (Å²) in [5, 5.41) is 3.73. The first-order valence-electron chi connectivity index (χ1n) is 13.0. The average molecular weight is 426 g/mol. The number of piperidine rings is 1. The molecule has 2 heterocycles. The normalized spacial score (nSPS) is 24.2. The summed E-state index contributed by atoms with van der Waals surface area (Å²) in [5.74, 6) is 0. The van der Waals surface area contributed by atoms with Crippen molar-refractivity contribution in [1.82, 2.24) is 5.32 Å². The van der Waals surface area contributed by atoms with E-state index in [0.717, 1.165) is 39.1 Å². The molecule has 30 heavy (non-hydrogen) atoms. The molecule has 4 nitrogen and oxygen atoms in total. The van der Waals surface area contributed by atoms with Gasteiger partial charge in [0.15, 0.2) is 6.29 Å². The maximum atomic E-state index is 6.23. The van der Waals surface area contributed by atoms with Crippen LogP contribution in [0.3, 0.4) is 0 Å². The van der Waals surface area contributed by atoms with Crippen LogP contribution < -0.4 is 5.32 Å². The van der Waals surface area contributed by atoms with Gasteiger partial charge in [-0.25, -0.2) is 0 Å². The van der Waals surface area contributed by atoms with Gasteiger partial charge in [0.05, 0.1) is 6.10 Å². The summed E-state index contributed by atoms with van der Waals surface area (Å²) < 4.78 is 17.6. The fourth-order valence-corrected chi connectivity index (χ4v) is 5.27. The average Bonchev–Trinajstić information content (AvgIpc) is 2.66. The molecule has 178 valence electrons. The lowest BCUT2D eigenvalue weighted by Gasteiger charge is -2.46. The van der Waals surface area contributed by atoms with Crippen molar-refractivity contribution < 1.29 is 14.2 Å². The molecule has 2 saturated heterocycles. The quantitative estimate of drug-likeness (QED) is 0.294. The van der Waals surface area contributed by atoms with E-state index in [9.17, 15) is 0 Å². The molecule has 1 atom stereocenters. The van der Waals surface area contributed by atoms with Crippen molar-refractivity contribution in [2.24, 2.45) is 0 Å². The van der Waals surface area contributed by atoms with Crippen LogP contribution in [0.1, 0.15) is 124 Å². The summed E-state index contributed by atoms with van der Waals surface area (Å²) in [6, 6.07) is 0. The van der Waals surface area contributed by atoms with E-state index < -0.39 is 0 Å². The molecule has 0 spiro atoms. The number of nitrogens with one attached hydrogen (secondary N) is 1. The summed E-state index contributed by atoms with van der Waals surface area (Å²) in [6.07, 6.45) is 19.6. The van der Waals surface area contributed by atoms with Crippen LogP contribution in [0.25, 0.3) is 0 Å². The molecule has 0 aromatic heterocycles. The number of hydrogen-bond donors (Lipinski definition) is 1. The molecule has 2 aliphatic rings. The maximum absolute atomic E-state index is 6.23. The fourth-order valence-electron chi connectivity index (χ4n) is 5.27. The van der Waals surface area contributed by atoms with E-state index >= 15 is 0 Å². The Morgan fingerprint density at radius 3 is 1.70 bits per heavy atom. The predicted molar refractivity (Wildman–Crippen MR) is 126 cm³/mol. The van der Waals surface area contributed by atoms with Crippen molar-refractivity contribution in [3.63, 3.8) is 0 Å². The second-order valence-corrected chi connectivity index (χ2v) is 11.0. The van der Waals surface area contributed by atoms with Crippen LogP contribution in [0.2, 0.25) is 0 Å². The molecule has 1 unspecified atom stereocenters. The van der Waals surface area contributed by atoms with Crippen molar-refractivity contribution in [3.8, 4) is 0 Å². The lowest BCUT2D eigenvalue weighted by atomic mass is 9.81. The second kappa shape index (κ2) is 14.1. The fraction of sp³-hybridized carbons (Fsp3) is 1.00. The number of rotatable bonds is 15. The van der Waals surface area contributed by atoms with Gasteiger partial charge in [-0.1, -0.05) is 51.4 Å². The Hall–Kier alpha value is -0.160. The van der Waals surface area contributed by atoms with E-state index in [4.69, 9.17) is 14.2 Å². The summed E-state index contributed by atoms with van der Waals surface area (Å²) in [5.41, 5.74) is 0.368. The van der Waals surface area contributed by atoms with Gasteiger partial charge in [0.25, 0.3) is 0 Å². The van der Waals surface area contributed by atoms with Gasteiger partial charge >= 0.3 is 0 Å². The van der Waals surface area contributed by atoms with E-state index in [-0.39, 0.29) is 17.4 Å². The zero-order valence-corrected chi connectivity index (χ0v) is 20.6. The molecule has 2 fully saturated rings. The minimum atomic E-state index is 0.0857. The molecule has 0 saturated carbocycles. The Balaban J connectivity index is 1.31. The van der Waals surface area contributed by atoms with Gasteiger partial charge in [0.1, 0.15) is 0 Å². The molecule has 0 amide bonds. The van der Waals surface area contributed by atoms with E-state index in [1.807, 2.05) is 0 Å². The van der Waals surface area contributed by atoms with Gasteiger partial charge in [0.2, 0.25) is 0 Å². The van der Waals surface area contributed by atoms with Crippen LogP contribution in [0.15, 0.2) is 0 Å². The smallest absolute Gasteiger partial charge is 0.157 e. The van der Waals surface area contributed by atoms with E-state index in [2.05, 4.69) is 33.0 Å². The molecule has 0 aromatic carbocycles. The van der Waals surface area contributed by atoms with E-state index in [1.165, 1.54) is 77.0 Å². The first kappa shape index (κ1) is 26.1. The minimum absolute atomic E-state index is 0.0857. The molecule has 0 radical (unpaired) electrons. The van der Waals surface area contributed by atoms with Gasteiger partial charge in [-0.15, -0.1) is 0 Å². The van der Waals surface area contributed by atoms with Crippen LogP contribution in [0, 0.1) is 0 Å². The second-order valence-electron chi connectivity index (χ2n) is 11.0. The number of ether oxygens (including phenoxy) is 3. The standard InChI is InChI=1S/C26H51NO3/c1-25(2)21-23(22-26(3,4)27-25)28-18-14-11-9-7-5-6-8-10-12-15-19-29-24-17-13-16-20-30-24/h23-24,27H,5-22H2,1-4H3. The monoisotopic (exact) mass is 425 g/mol. The Labute approximate surface area is 187 Å². The topological polar surface area (TPSA) is 39.7 Å². The third-order valence-electron chi connectivity index (χ3n) is 6.49. The molecule has 0 aliphatic carbocycles. The van der Waals surface area contributed by atoms with Crippen molar-refractivity contribution in [1.29, 1.82) is 0 Å². The van der Waals surface area contributed by atoms with Crippen molar-refractivity contribution in [2.45, 2.75) is 147 Å². The zero-order valence-electron chi connectivity index (χ0n) is 20.6. The Kier molecular flexibility index (Phi) is 12.2. The van der Waals surface area contributed by atoms with Crippen LogP contribution in [-0.2, 0) is 14.2 Å². The molecule has 0 aromatic rings. The first-order valence-corrected chi connectivity index (χ1v) is 13.0. The minimum Gasteiger partial charge on any atom is -0.378 e. The summed E-state index contributed by atoms with van der Waals surface area (Å²) in [4.78, 5) is 0. The van der Waals surface area contributed by atoms with Crippen molar-refractivity contribution in [2.75, 3.05) is 19.8 Å². The largest absolute Gasteiger partial charge is 0.378 e. The summed E-state index contributed by atoms with van der Waals surface area (Å²) in [7, 11) is 0. The van der Waals surface area contributed by atoms with Gasteiger partial charge in [-0.2, -0.15) is 0 Å². The molecule has 2 aliphatic heterocycles. The lowest BCUT2D eigenvalue weighted by molar-refractivity contribution is -0.162. The predicted octanol–water partition coefficient (Wildman–Crippen LogP) is 6.76. The highest BCUT2D eigenvalue weighted by atomic mass is 16.7. The summed E-state index contributed by atoms with van der Waals surface area (Å²) >= 11 is 0.